The van der Waals surface area contributed by atoms with E-state index in [2.05, 4.69) is 39.3 Å². The zero-order valence-electron chi connectivity index (χ0n) is 27.2. The summed E-state index contributed by atoms with van der Waals surface area (Å²) in [5, 5.41) is 10.1. The van der Waals surface area contributed by atoms with E-state index in [1.54, 1.807) is 12.1 Å². The third-order valence-electron chi connectivity index (χ3n) is 7.91. The fraction of sp³-hybridized carbons (Fsp3) is 0.562. The number of hydrogen-bond donors (Lipinski definition) is 1. The molecular weight excluding hydrogens is 617 g/mol. The number of aliphatic hydroxyl groups is 1. The van der Waals surface area contributed by atoms with Crippen LogP contribution in [0.5, 0.6) is 23.0 Å². The largest absolute Gasteiger partial charge is 0.467 e. The van der Waals surface area contributed by atoms with E-state index in [0.29, 0.717) is 30.3 Å². The van der Waals surface area contributed by atoms with Gasteiger partial charge in [-0.15, -0.1) is 0 Å². The van der Waals surface area contributed by atoms with Crippen LogP contribution < -0.4 is 18.9 Å². The van der Waals surface area contributed by atoms with Gasteiger partial charge >= 0.3 is 0 Å². The lowest BCUT2D eigenvalue weighted by Crippen LogP contribution is -2.25. The quantitative estimate of drug-likeness (QED) is 0.128. The number of benzene rings is 2. The van der Waals surface area contributed by atoms with Gasteiger partial charge < -0.3 is 43.0 Å². The molecule has 0 radical (unpaired) electrons. The Hall–Kier alpha value is -2.79. The van der Waals surface area contributed by atoms with Gasteiger partial charge in [-0.05, 0) is 24.2 Å². The average Bonchev–Trinajstić information content (AvgIpc) is 3.47. The second kappa shape index (κ2) is 13.5. The van der Waals surface area contributed by atoms with Crippen LogP contribution in [0, 0.1) is 0 Å². The van der Waals surface area contributed by atoms with Crippen LogP contribution in [0.4, 0.5) is 0 Å². The van der Waals surface area contributed by atoms with Gasteiger partial charge in [0.15, 0.2) is 32.5 Å². The van der Waals surface area contributed by atoms with Crippen LogP contribution in [0.25, 0.3) is 0 Å². The van der Waals surface area contributed by atoms with Crippen molar-refractivity contribution in [2.24, 2.45) is 0 Å². The zero-order valence-corrected chi connectivity index (χ0v) is 29.2. The minimum absolute atomic E-state index is 0.0148. The second-order valence-electron chi connectivity index (χ2n) is 14.0. The topological polar surface area (TPSA) is 128 Å². The summed E-state index contributed by atoms with van der Waals surface area (Å²) in [6, 6.07) is 6.61. The molecule has 1 saturated heterocycles. The molecular formula is C32H44O11Si2. The summed E-state index contributed by atoms with van der Waals surface area (Å²) in [6.07, 6.45) is -1.52. The van der Waals surface area contributed by atoms with E-state index in [0.717, 1.165) is 12.1 Å². The summed E-state index contributed by atoms with van der Waals surface area (Å²) in [6.45, 7) is 14.4. The number of fused-ring (bicyclic) bond motifs is 5. The van der Waals surface area contributed by atoms with Crippen molar-refractivity contribution in [3.63, 3.8) is 0 Å². The first-order valence-electron chi connectivity index (χ1n) is 15.3. The lowest BCUT2D eigenvalue weighted by Gasteiger charge is -2.25. The molecule has 0 saturated carbocycles. The molecule has 0 bridgehead atoms. The zero-order chi connectivity index (χ0) is 32.5. The van der Waals surface area contributed by atoms with Crippen LogP contribution in [0.2, 0.25) is 51.4 Å². The van der Waals surface area contributed by atoms with Crippen LogP contribution in [0.3, 0.4) is 0 Å². The molecule has 246 valence electrons. The molecule has 3 atom stereocenters. The Bertz CT molecular complexity index is 1430. The van der Waals surface area contributed by atoms with Crippen molar-refractivity contribution < 1.29 is 52.6 Å². The van der Waals surface area contributed by atoms with Crippen LogP contribution in [-0.2, 0) is 18.9 Å². The molecule has 1 N–H and O–H groups in total. The Morgan fingerprint density at radius 2 is 1.47 bits per heavy atom. The predicted molar refractivity (Wildman–Crippen MR) is 170 cm³/mol. The molecule has 1 fully saturated rings. The van der Waals surface area contributed by atoms with Gasteiger partial charge in [0.2, 0.25) is 12.1 Å². The maximum absolute atomic E-state index is 14.4. The van der Waals surface area contributed by atoms with E-state index in [9.17, 15) is 14.7 Å². The summed E-state index contributed by atoms with van der Waals surface area (Å²) in [4.78, 5) is 28.5. The highest BCUT2D eigenvalue weighted by atomic mass is 28.3. The van der Waals surface area contributed by atoms with Crippen molar-refractivity contribution in [3.8, 4) is 23.0 Å². The fourth-order valence-corrected chi connectivity index (χ4v) is 6.97. The van der Waals surface area contributed by atoms with Crippen molar-refractivity contribution in [1.82, 2.24) is 0 Å². The highest BCUT2D eigenvalue weighted by Crippen LogP contribution is 2.53. The first kappa shape index (κ1) is 33.6. The van der Waals surface area contributed by atoms with E-state index >= 15 is 0 Å². The average molecular weight is 661 g/mol. The van der Waals surface area contributed by atoms with Crippen molar-refractivity contribution in [2.75, 3.05) is 40.7 Å². The Morgan fingerprint density at radius 1 is 0.822 bits per heavy atom. The third kappa shape index (κ3) is 7.62. The van der Waals surface area contributed by atoms with Gasteiger partial charge in [-0.25, -0.2) is 0 Å². The van der Waals surface area contributed by atoms with E-state index in [-0.39, 0.29) is 66.5 Å². The number of ketones is 2. The van der Waals surface area contributed by atoms with Gasteiger partial charge in [0, 0.05) is 65.6 Å². The van der Waals surface area contributed by atoms with E-state index in [4.69, 9.17) is 37.9 Å². The van der Waals surface area contributed by atoms with Gasteiger partial charge in [-0.2, -0.15) is 0 Å². The molecule has 1 aliphatic carbocycles. The Kier molecular flexibility index (Phi) is 10.1. The molecule has 2 heterocycles. The second-order valence-corrected chi connectivity index (χ2v) is 25.2. The van der Waals surface area contributed by atoms with Gasteiger partial charge in [0.25, 0.3) is 0 Å². The minimum atomic E-state index is -1.32. The summed E-state index contributed by atoms with van der Waals surface area (Å²) in [5.41, 5.74) is 0.991. The number of aliphatic hydroxyl groups excluding tert-OH is 1. The predicted octanol–water partition coefficient (Wildman–Crippen LogP) is 5.37. The Balaban J connectivity index is 1.49. The number of hydrogen-bond acceptors (Lipinski definition) is 11. The van der Waals surface area contributed by atoms with E-state index < -0.39 is 40.3 Å². The third-order valence-corrected chi connectivity index (χ3v) is 11.3. The van der Waals surface area contributed by atoms with Gasteiger partial charge in [0.05, 0.1) is 17.0 Å². The Morgan fingerprint density at radius 3 is 2.11 bits per heavy atom. The molecule has 2 aliphatic heterocycles. The molecule has 0 aromatic heterocycles. The first-order valence-corrected chi connectivity index (χ1v) is 22.7. The lowest BCUT2D eigenvalue weighted by molar-refractivity contribution is -0.147. The summed E-state index contributed by atoms with van der Waals surface area (Å²) < 4.78 is 46.0. The summed E-state index contributed by atoms with van der Waals surface area (Å²) in [7, 11) is -1.13. The highest BCUT2D eigenvalue weighted by Gasteiger charge is 2.48. The molecule has 11 nitrogen and oxygen atoms in total. The number of carbonyl (C=O) groups excluding carboxylic acids is 2. The molecule has 5 rings (SSSR count). The number of carbonyl (C=O) groups is 2. The van der Waals surface area contributed by atoms with E-state index in [1.807, 2.05) is 0 Å². The first-order chi connectivity index (χ1) is 21.3. The molecule has 3 aliphatic rings. The summed E-state index contributed by atoms with van der Waals surface area (Å²) >= 11 is 0. The highest BCUT2D eigenvalue weighted by molar-refractivity contribution is 6.76. The lowest BCUT2D eigenvalue weighted by atomic mass is 9.80. The summed E-state index contributed by atoms with van der Waals surface area (Å²) in [5.74, 6) is -0.230. The standard InChI is InChI=1S/C32H44O11Si2/c1-36-16-41-31-27-22-15-25(33)43-32(22)42-24(27)14-21-28(31)30(35)26-20(29(21)34)12-19(39-17-37-8-10-44(2,3)4)13-23(26)40-18-38-9-11-45(5,6)7/h12-14,22,25,32-33H,8-11,15-18H2,1-7H3/t22-,25+,32-/m0/s1. The molecule has 2 aromatic rings. The SMILES string of the molecule is COCOc1c2c(cc3c1[C@@H]1C[C@H](O)O[C@@H]1O3)C(=O)c1cc(OCOCC[Si](C)(C)C)cc(OCOCC[Si](C)(C)C)c1C2=O. The van der Waals surface area contributed by atoms with Gasteiger partial charge in [-0.1, -0.05) is 39.3 Å². The van der Waals surface area contributed by atoms with Gasteiger partial charge in [0.1, 0.15) is 23.0 Å². The van der Waals surface area contributed by atoms with Gasteiger partial charge in [-0.3, -0.25) is 9.59 Å². The number of rotatable bonds is 15. The maximum atomic E-state index is 14.4. The number of methoxy groups -OCH3 is 1. The normalized spacial score (nSPS) is 20.3. The molecule has 0 unspecified atom stereocenters. The van der Waals surface area contributed by atoms with E-state index in [1.165, 1.54) is 13.2 Å². The monoisotopic (exact) mass is 660 g/mol. The molecule has 45 heavy (non-hydrogen) atoms. The van der Waals surface area contributed by atoms with Crippen LogP contribution in [0.15, 0.2) is 18.2 Å². The maximum Gasteiger partial charge on any atom is 0.209 e. The Labute approximate surface area is 266 Å². The smallest absolute Gasteiger partial charge is 0.209 e. The fourth-order valence-electron chi connectivity index (χ4n) is 5.45. The minimum Gasteiger partial charge on any atom is -0.467 e. The van der Waals surface area contributed by atoms with Crippen molar-refractivity contribution in [1.29, 1.82) is 0 Å². The van der Waals surface area contributed by atoms with Crippen LogP contribution in [0.1, 0.15) is 49.7 Å². The van der Waals surface area contributed by atoms with Crippen molar-refractivity contribution in [2.45, 2.75) is 76.3 Å². The number of ether oxygens (including phenoxy) is 8. The molecule has 0 spiro atoms. The molecule has 13 heteroatoms. The molecule has 0 amide bonds. The van der Waals surface area contributed by atoms with Crippen molar-refractivity contribution in [3.05, 3.63) is 46.0 Å². The molecule has 2 aromatic carbocycles. The van der Waals surface area contributed by atoms with Crippen LogP contribution in [-0.4, -0.2) is 86.1 Å². The van der Waals surface area contributed by atoms with Crippen molar-refractivity contribution >= 4 is 27.7 Å². The van der Waals surface area contributed by atoms with Crippen LogP contribution >= 0.6 is 0 Å².